The minimum absolute atomic E-state index is 0.0169. The molecular weight excluding hydrogens is 222 g/mol. The van der Waals surface area contributed by atoms with Gasteiger partial charge in [0, 0.05) is 12.1 Å². The van der Waals surface area contributed by atoms with E-state index in [0.717, 1.165) is 19.4 Å². The number of hydrogen-bond donors (Lipinski definition) is 2. The van der Waals surface area contributed by atoms with Gasteiger partial charge >= 0.3 is 0 Å². The van der Waals surface area contributed by atoms with E-state index in [1.165, 1.54) is 22.8 Å². The number of fused-ring (bicyclic) bond motifs is 1. The molecule has 0 unspecified atom stereocenters. The van der Waals surface area contributed by atoms with Gasteiger partial charge in [-0.15, -0.1) is 0 Å². The first-order chi connectivity index (χ1) is 8.83. The zero-order valence-electron chi connectivity index (χ0n) is 10.5. The molecule has 0 aromatic heterocycles. The van der Waals surface area contributed by atoms with Crippen molar-refractivity contribution < 1.29 is 5.11 Å². The summed E-state index contributed by atoms with van der Waals surface area (Å²) in [6.07, 6.45) is 3.41. The summed E-state index contributed by atoms with van der Waals surface area (Å²) in [5.41, 5.74) is 1.30. The fraction of sp³-hybridized carbons (Fsp3) is 0.375. The van der Waals surface area contributed by atoms with Gasteiger partial charge in [0.15, 0.2) is 0 Å². The van der Waals surface area contributed by atoms with Crippen LogP contribution in [0.25, 0.3) is 10.8 Å². The van der Waals surface area contributed by atoms with Crippen LogP contribution >= 0.6 is 0 Å². The topological polar surface area (TPSA) is 32.3 Å². The molecular formula is C16H19NO. The van der Waals surface area contributed by atoms with E-state index in [2.05, 4.69) is 47.8 Å². The number of aliphatic hydroxyl groups is 1. The van der Waals surface area contributed by atoms with Crippen LogP contribution in [0.4, 0.5) is 0 Å². The van der Waals surface area contributed by atoms with Crippen LogP contribution in [0.3, 0.4) is 0 Å². The van der Waals surface area contributed by atoms with Crippen LogP contribution < -0.4 is 5.32 Å². The molecule has 2 aromatic carbocycles. The number of hydrogen-bond acceptors (Lipinski definition) is 2. The van der Waals surface area contributed by atoms with Crippen molar-refractivity contribution in [1.29, 1.82) is 0 Å². The third-order valence-electron chi connectivity index (χ3n) is 4.15. The van der Waals surface area contributed by atoms with Gasteiger partial charge in [-0.05, 0) is 35.6 Å². The monoisotopic (exact) mass is 241 g/mol. The van der Waals surface area contributed by atoms with Crippen molar-refractivity contribution in [2.24, 2.45) is 0 Å². The molecule has 1 fully saturated rings. The summed E-state index contributed by atoms with van der Waals surface area (Å²) in [5.74, 6) is 0. The van der Waals surface area contributed by atoms with E-state index in [1.54, 1.807) is 0 Å². The lowest BCUT2D eigenvalue weighted by Crippen LogP contribution is -2.53. The Morgan fingerprint density at radius 1 is 1.06 bits per heavy atom. The molecule has 0 aliphatic heterocycles. The summed E-state index contributed by atoms with van der Waals surface area (Å²) in [7, 11) is 0. The highest BCUT2D eigenvalue weighted by Crippen LogP contribution is 2.31. The van der Waals surface area contributed by atoms with Crippen molar-refractivity contribution in [3.8, 4) is 0 Å². The molecule has 0 atom stereocenters. The molecule has 2 nitrogen and oxygen atoms in total. The Bertz CT molecular complexity index is 535. The van der Waals surface area contributed by atoms with Gasteiger partial charge in [-0.1, -0.05) is 42.5 Å². The lowest BCUT2D eigenvalue weighted by atomic mass is 9.77. The molecule has 1 saturated carbocycles. The highest BCUT2D eigenvalue weighted by Gasteiger charge is 2.35. The van der Waals surface area contributed by atoms with E-state index in [1.807, 2.05) is 0 Å². The number of benzene rings is 2. The SMILES string of the molecule is OCC1(NCc2cccc3ccccc23)CCC1. The molecule has 0 radical (unpaired) electrons. The van der Waals surface area contributed by atoms with Crippen LogP contribution in [0.5, 0.6) is 0 Å². The van der Waals surface area contributed by atoms with E-state index in [4.69, 9.17) is 0 Å². The molecule has 2 heteroatoms. The Morgan fingerprint density at radius 3 is 2.56 bits per heavy atom. The second kappa shape index (κ2) is 4.71. The summed E-state index contributed by atoms with van der Waals surface area (Å²) >= 11 is 0. The fourth-order valence-corrected chi connectivity index (χ4v) is 2.72. The summed E-state index contributed by atoms with van der Waals surface area (Å²) < 4.78 is 0. The minimum Gasteiger partial charge on any atom is -0.394 e. The van der Waals surface area contributed by atoms with Crippen LogP contribution in [0.15, 0.2) is 42.5 Å². The van der Waals surface area contributed by atoms with Crippen LogP contribution in [0.1, 0.15) is 24.8 Å². The lowest BCUT2D eigenvalue weighted by Gasteiger charge is -2.41. The molecule has 0 amide bonds. The van der Waals surface area contributed by atoms with Crippen molar-refractivity contribution in [1.82, 2.24) is 5.32 Å². The summed E-state index contributed by atoms with van der Waals surface area (Å²) in [4.78, 5) is 0. The van der Waals surface area contributed by atoms with Crippen molar-refractivity contribution >= 4 is 10.8 Å². The van der Waals surface area contributed by atoms with Gasteiger partial charge in [0.1, 0.15) is 0 Å². The van der Waals surface area contributed by atoms with Gasteiger partial charge in [-0.3, -0.25) is 0 Å². The maximum Gasteiger partial charge on any atom is 0.0613 e. The van der Waals surface area contributed by atoms with Gasteiger partial charge in [-0.25, -0.2) is 0 Å². The van der Waals surface area contributed by atoms with E-state index < -0.39 is 0 Å². The fourth-order valence-electron chi connectivity index (χ4n) is 2.72. The summed E-state index contributed by atoms with van der Waals surface area (Å²) in [5, 5.41) is 15.6. The van der Waals surface area contributed by atoms with Crippen LogP contribution in [0, 0.1) is 0 Å². The number of aliphatic hydroxyl groups excluding tert-OH is 1. The Morgan fingerprint density at radius 2 is 1.83 bits per heavy atom. The molecule has 2 aromatic rings. The molecule has 1 aliphatic carbocycles. The minimum atomic E-state index is -0.0169. The third kappa shape index (κ3) is 2.02. The van der Waals surface area contributed by atoms with E-state index in [-0.39, 0.29) is 12.1 Å². The quantitative estimate of drug-likeness (QED) is 0.862. The Kier molecular flexibility index (Phi) is 3.06. The molecule has 0 bridgehead atoms. The normalized spacial score (nSPS) is 17.6. The number of nitrogens with one attached hydrogen (secondary N) is 1. The molecule has 3 rings (SSSR count). The molecule has 0 saturated heterocycles. The molecule has 0 heterocycles. The largest absolute Gasteiger partial charge is 0.394 e. The first-order valence-corrected chi connectivity index (χ1v) is 6.66. The van der Waals surface area contributed by atoms with Crippen molar-refractivity contribution in [3.63, 3.8) is 0 Å². The first-order valence-electron chi connectivity index (χ1n) is 6.66. The van der Waals surface area contributed by atoms with Crippen LogP contribution in [-0.4, -0.2) is 17.3 Å². The summed E-state index contributed by atoms with van der Waals surface area (Å²) in [6, 6.07) is 14.9. The Balaban J connectivity index is 1.82. The standard InChI is InChI=1S/C16H19NO/c18-12-16(9-4-10-16)17-11-14-7-3-6-13-5-1-2-8-15(13)14/h1-3,5-8,17-18H,4,9-12H2. The van der Waals surface area contributed by atoms with Gasteiger partial charge in [0.25, 0.3) is 0 Å². The van der Waals surface area contributed by atoms with Crippen molar-refractivity contribution in [2.45, 2.75) is 31.3 Å². The van der Waals surface area contributed by atoms with Crippen molar-refractivity contribution in [3.05, 3.63) is 48.0 Å². The lowest BCUT2D eigenvalue weighted by molar-refractivity contribution is 0.0873. The van der Waals surface area contributed by atoms with Gasteiger partial charge < -0.3 is 10.4 Å². The average molecular weight is 241 g/mol. The smallest absolute Gasteiger partial charge is 0.0613 e. The van der Waals surface area contributed by atoms with Crippen LogP contribution in [0.2, 0.25) is 0 Å². The maximum absolute atomic E-state index is 9.47. The molecule has 1 aliphatic rings. The Hall–Kier alpha value is -1.38. The number of rotatable bonds is 4. The first kappa shape index (κ1) is 11.7. The second-order valence-corrected chi connectivity index (χ2v) is 5.28. The van der Waals surface area contributed by atoms with Crippen LogP contribution in [-0.2, 0) is 6.54 Å². The zero-order valence-corrected chi connectivity index (χ0v) is 10.5. The highest BCUT2D eigenvalue weighted by molar-refractivity contribution is 5.85. The zero-order chi connectivity index (χ0) is 12.4. The second-order valence-electron chi connectivity index (χ2n) is 5.28. The molecule has 94 valence electrons. The summed E-state index contributed by atoms with van der Waals surface area (Å²) in [6.45, 7) is 1.08. The van der Waals surface area contributed by atoms with Gasteiger partial charge in [-0.2, -0.15) is 0 Å². The van der Waals surface area contributed by atoms with E-state index in [9.17, 15) is 5.11 Å². The van der Waals surface area contributed by atoms with Crippen molar-refractivity contribution in [2.75, 3.05) is 6.61 Å². The van der Waals surface area contributed by atoms with E-state index >= 15 is 0 Å². The van der Waals surface area contributed by atoms with Gasteiger partial charge in [0.05, 0.1) is 6.61 Å². The average Bonchev–Trinajstić information content (AvgIpc) is 2.38. The third-order valence-corrected chi connectivity index (χ3v) is 4.15. The van der Waals surface area contributed by atoms with Gasteiger partial charge in [0.2, 0.25) is 0 Å². The maximum atomic E-state index is 9.47. The predicted molar refractivity (Wildman–Crippen MR) is 74.5 cm³/mol. The molecule has 18 heavy (non-hydrogen) atoms. The predicted octanol–water partition coefficient (Wildman–Crippen LogP) is 2.84. The molecule has 0 spiro atoms. The highest BCUT2D eigenvalue weighted by atomic mass is 16.3. The molecule has 2 N–H and O–H groups in total. The van der Waals surface area contributed by atoms with E-state index in [0.29, 0.717) is 0 Å². The Labute approximate surface area is 108 Å².